The summed E-state index contributed by atoms with van der Waals surface area (Å²) in [5, 5.41) is 0. The molecule has 1 radical (unpaired) electrons. The lowest BCUT2D eigenvalue weighted by molar-refractivity contribution is 0.949. The molecule has 1 saturated heterocycles. The van der Waals surface area contributed by atoms with Crippen LogP contribution in [0.1, 0.15) is 18.4 Å². The third-order valence-corrected chi connectivity index (χ3v) is 2.37. The lowest BCUT2D eigenvalue weighted by Gasteiger charge is -2.18. The number of hydrogen-bond acceptors (Lipinski definition) is 2. The number of anilines is 1. The molecule has 2 rings (SSSR count). The molecule has 63 valence electrons. The van der Waals surface area contributed by atoms with Crippen molar-refractivity contribution >= 4 is 5.69 Å². The molecule has 2 heteroatoms. The number of nitrogens with zero attached hydrogens (tertiary/aromatic N) is 2. The molecule has 0 saturated carbocycles. The van der Waals surface area contributed by atoms with Crippen LogP contribution in [0, 0.1) is 13.1 Å². The highest BCUT2D eigenvalue weighted by Gasteiger charge is 2.13. The Hall–Kier alpha value is -1.05. The van der Waals surface area contributed by atoms with E-state index in [1.807, 2.05) is 6.07 Å². The fraction of sp³-hybridized carbons (Fsp3) is 0.500. The SMILES string of the molecule is Cc1ccn[c]c1N1CCCC1. The first-order chi connectivity index (χ1) is 5.88. The van der Waals surface area contributed by atoms with Crippen LogP contribution in [-0.2, 0) is 0 Å². The van der Waals surface area contributed by atoms with E-state index in [9.17, 15) is 0 Å². The monoisotopic (exact) mass is 161 g/mol. The molecule has 12 heavy (non-hydrogen) atoms. The number of aromatic nitrogens is 1. The maximum absolute atomic E-state index is 4.02. The largest absolute Gasteiger partial charge is 0.370 e. The van der Waals surface area contributed by atoms with Crippen LogP contribution in [0.4, 0.5) is 5.69 Å². The van der Waals surface area contributed by atoms with E-state index < -0.39 is 0 Å². The van der Waals surface area contributed by atoms with Gasteiger partial charge in [0.1, 0.15) is 6.20 Å². The summed E-state index contributed by atoms with van der Waals surface area (Å²) in [6.45, 7) is 4.46. The van der Waals surface area contributed by atoms with Gasteiger partial charge in [0, 0.05) is 19.3 Å². The molecular formula is C10H13N2. The van der Waals surface area contributed by atoms with Crippen LogP contribution in [0.5, 0.6) is 0 Å². The number of rotatable bonds is 1. The summed E-state index contributed by atoms with van der Waals surface area (Å²) in [6.07, 6.45) is 7.47. The van der Waals surface area contributed by atoms with E-state index in [-0.39, 0.29) is 0 Å². The van der Waals surface area contributed by atoms with Crippen LogP contribution >= 0.6 is 0 Å². The molecule has 1 aromatic heterocycles. The Kier molecular flexibility index (Phi) is 1.98. The van der Waals surface area contributed by atoms with Crippen LogP contribution in [0.2, 0.25) is 0 Å². The predicted molar refractivity (Wildman–Crippen MR) is 49.3 cm³/mol. The van der Waals surface area contributed by atoms with Gasteiger partial charge in [-0.25, -0.2) is 0 Å². The number of aryl methyl sites for hydroxylation is 1. The van der Waals surface area contributed by atoms with Crippen LogP contribution in [0.15, 0.2) is 12.3 Å². The topological polar surface area (TPSA) is 16.1 Å². The van der Waals surface area contributed by atoms with E-state index in [0.29, 0.717) is 0 Å². The van der Waals surface area contributed by atoms with Gasteiger partial charge in [-0.05, 0) is 31.4 Å². The fourth-order valence-electron chi connectivity index (χ4n) is 1.68. The molecule has 0 atom stereocenters. The summed E-state index contributed by atoms with van der Waals surface area (Å²) in [5.41, 5.74) is 2.47. The number of hydrogen-bond donors (Lipinski definition) is 0. The van der Waals surface area contributed by atoms with E-state index >= 15 is 0 Å². The second kappa shape index (κ2) is 3.13. The fourth-order valence-corrected chi connectivity index (χ4v) is 1.68. The average molecular weight is 161 g/mol. The van der Waals surface area contributed by atoms with Gasteiger partial charge in [-0.1, -0.05) is 0 Å². The molecule has 2 nitrogen and oxygen atoms in total. The van der Waals surface area contributed by atoms with Gasteiger partial charge >= 0.3 is 0 Å². The normalized spacial score (nSPS) is 16.9. The Labute approximate surface area is 73.2 Å². The molecule has 2 heterocycles. The molecule has 0 amide bonds. The van der Waals surface area contributed by atoms with Crippen LogP contribution in [0.25, 0.3) is 0 Å². The van der Waals surface area contributed by atoms with Gasteiger partial charge in [0.2, 0.25) is 0 Å². The second-order valence-corrected chi connectivity index (χ2v) is 3.28. The average Bonchev–Trinajstić information content (AvgIpc) is 2.57. The molecule has 0 bridgehead atoms. The second-order valence-electron chi connectivity index (χ2n) is 3.28. The quantitative estimate of drug-likeness (QED) is 0.624. The van der Waals surface area contributed by atoms with Crippen molar-refractivity contribution in [2.75, 3.05) is 18.0 Å². The van der Waals surface area contributed by atoms with Gasteiger partial charge in [-0.3, -0.25) is 4.98 Å². The maximum atomic E-state index is 4.02. The van der Waals surface area contributed by atoms with Crippen molar-refractivity contribution in [1.82, 2.24) is 4.98 Å². The molecule has 1 aliphatic heterocycles. The lowest BCUT2D eigenvalue weighted by atomic mass is 10.2. The van der Waals surface area contributed by atoms with Gasteiger partial charge in [-0.15, -0.1) is 0 Å². The minimum atomic E-state index is 1.17. The van der Waals surface area contributed by atoms with E-state index in [1.165, 1.54) is 37.2 Å². The minimum absolute atomic E-state index is 1.17. The highest BCUT2D eigenvalue weighted by molar-refractivity contribution is 5.50. The molecule has 0 N–H and O–H groups in total. The van der Waals surface area contributed by atoms with Crippen LogP contribution in [-0.4, -0.2) is 18.1 Å². The van der Waals surface area contributed by atoms with Crippen molar-refractivity contribution in [3.8, 4) is 0 Å². The molecule has 1 aliphatic rings. The molecule has 0 unspecified atom stereocenters. The van der Waals surface area contributed by atoms with E-state index in [1.54, 1.807) is 6.20 Å². The molecule has 0 aromatic carbocycles. The zero-order valence-corrected chi connectivity index (χ0v) is 7.38. The molecule has 1 aromatic rings. The van der Waals surface area contributed by atoms with Gasteiger partial charge < -0.3 is 4.90 Å². The smallest absolute Gasteiger partial charge is 0.114 e. The zero-order chi connectivity index (χ0) is 8.39. The first-order valence-corrected chi connectivity index (χ1v) is 4.46. The molecule has 1 fully saturated rings. The van der Waals surface area contributed by atoms with Crippen LogP contribution in [0.3, 0.4) is 0 Å². The van der Waals surface area contributed by atoms with Crippen LogP contribution < -0.4 is 4.90 Å². The van der Waals surface area contributed by atoms with E-state index in [0.717, 1.165) is 0 Å². The predicted octanol–water partition coefficient (Wildman–Crippen LogP) is 1.79. The van der Waals surface area contributed by atoms with Crippen molar-refractivity contribution in [1.29, 1.82) is 0 Å². The first kappa shape index (κ1) is 7.59. The van der Waals surface area contributed by atoms with Gasteiger partial charge in [-0.2, -0.15) is 0 Å². The highest BCUT2D eigenvalue weighted by atomic mass is 15.1. The first-order valence-electron chi connectivity index (χ1n) is 4.46. The van der Waals surface area contributed by atoms with E-state index in [2.05, 4.69) is 23.0 Å². The van der Waals surface area contributed by atoms with Crippen molar-refractivity contribution in [3.05, 3.63) is 24.0 Å². The Morgan fingerprint density at radius 3 is 2.83 bits per heavy atom. The third-order valence-electron chi connectivity index (χ3n) is 2.37. The van der Waals surface area contributed by atoms with Gasteiger partial charge in [0.15, 0.2) is 0 Å². The summed E-state index contributed by atoms with van der Waals surface area (Å²) in [6, 6.07) is 2.05. The Bertz CT molecular complexity index is 264. The summed E-state index contributed by atoms with van der Waals surface area (Å²) in [5.74, 6) is 0. The Morgan fingerprint density at radius 1 is 1.42 bits per heavy atom. The Balaban J connectivity index is 2.26. The van der Waals surface area contributed by atoms with Crippen molar-refractivity contribution in [2.45, 2.75) is 19.8 Å². The molecule has 0 aliphatic carbocycles. The summed E-state index contributed by atoms with van der Waals surface area (Å²) >= 11 is 0. The lowest BCUT2D eigenvalue weighted by Crippen LogP contribution is -2.18. The number of pyridine rings is 1. The van der Waals surface area contributed by atoms with Crippen molar-refractivity contribution < 1.29 is 0 Å². The van der Waals surface area contributed by atoms with Gasteiger partial charge in [0.25, 0.3) is 0 Å². The standard InChI is InChI=1S/C10H13N2/c1-9-4-5-11-8-10(9)12-6-2-3-7-12/h4-5H,2-3,6-7H2,1H3. The maximum Gasteiger partial charge on any atom is 0.114 e. The molecule has 0 spiro atoms. The summed E-state index contributed by atoms with van der Waals surface area (Å²) in [4.78, 5) is 6.39. The van der Waals surface area contributed by atoms with Crippen molar-refractivity contribution in [2.24, 2.45) is 0 Å². The van der Waals surface area contributed by atoms with Crippen molar-refractivity contribution in [3.63, 3.8) is 0 Å². The minimum Gasteiger partial charge on any atom is -0.370 e. The third kappa shape index (κ3) is 1.29. The molecular weight excluding hydrogens is 148 g/mol. The zero-order valence-electron chi connectivity index (χ0n) is 7.38. The summed E-state index contributed by atoms with van der Waals surface area (Å²) in [7, 11) is 0. The van der Waals surface area contributed by atoms with Gasteiger partial charge in [0.05, 0.1) is 5.69 Å². The van der Waals surface area contributed by atoms with E-state index in [4.69, 9.17) is 0 Å². The Morgan fingerprint density at radius 2 is 2.17 bits per heavy atom. The highest BCUT2D eigenvalue weighted by Crippen LogP contribution is 2.21. The summed E-state index contributed by atoms with van der Waals surface area (Å²) < 4.78 is 0.